The van der Waals surface area contributed by atoms with Gasteiger partial charge in [-0.1, -0.05) is 6.92 Å². The Hall–Kier alpha value is -0.810. The lowest BCUT2D eigenvalue weighted by Crippen LogP contribution is -2.43. The van der Waals surface area contributed by atoms with E-state index in [0.717, 1.165) is 19.0 Å². The molecular weight excluding hydrogens is 178 g/mol. The van der Waals surface area contributed by atoms with Crippen LogP contribution in [0.2, 0.25) is 0 Å². The highest BCUT2D eigenvalue weighted by molar-refractivity contribution is 5.78. The molecule has 0 aromatic heterocycles. The fourth-order valence-electron chi connectivity index (χ4n) is 1.80. The van der Waals surface area contributed by atoms with Crippen LogP contribution in [0.15, 0.2) is 4.99 Å². The maximum atomic E-state index is 5.27. The summed E-state index contributed by atoms with van der Waals surface area (Å²) in [5, 5.41) is 3.19. The molecule has 1 rings (SSSR count). The zero-order valence-corrected chi connectivity index (χ0v) is 9.08. The van der Waals surface area contributed by atoms with Gasteiger partial charge >= 0.3 is 0 Å². The SMILES string of the molecule is CCN1CCC(CNC(=NC)NN)C1. The van der Waals surface area contributed by atoms with Gasteiger partial charge in [-0.25, -0.2) is 5.84 Å². The van der Waals surface area contributed by atoms with E-state index < -0.39 is 0 Å². The number of nitrogens with two attached hydrogens (primary N) is 1. The lowest BCUT2D eigenvalue weighted by Gasteiger charge is -2.14. The maximum Gasteiger partial charge on any atom is 0.205 e. The number of rotatable bonds is 3. The van der Waals surface area contributed by atoms with Crippen molar-refractivity contribution in [3.63, 3.8) is 0 Å². The summed E-state index contributed by atoms with van der Waals surface area (Å²) in [6, 6.07) is 0. The Labute approximate surface area is 85.7 Å². The number of hydrazine groups is 1. The summed E-state index contributed by atoms with van der Waals surface area (Å²) in [7, 11) is 1.72. The molecule has 5 heteroatoms. The summed E-state index contributed by atoms with van der Waals surface area (Å²) in [5.41, 5.74) is 2.53. The zero-order chi connectivity index (χ0) is 10.4. The smallest absolute Gasteiger partial charge is 0.205 e. The van der Waals surface area contributed by atoms with E-state index >= 15 is 0 Å². The number of nitrogens with one attached hydrogen (secondary N) is 2. The number of nitrogens with zero attached hydrogens (tertiary/aromatic N) is 2. The van der Waals surface area contributed by atoms with Gasteiger partial charge in [-0.15, -0.1) is 0 Å². The van der Waals surface area contributed by atoms with Gasteiger partial charge in [0, 0.05) is 20.1 Å². The van der Waals surface area contributed by atoms with Crippen LogP contribution in [0.1, 0.15) is 13.3 Å². The fraction of sp³-hybridized carbons (Fsp3) is 0.889. The van der Waals surface area contributed by atoms with Crippen LogP contribution in [0.25, 0.3) is 0 Å². The summed E-state index contributed by atoms with van der Waals surface area (Å²) >= 11 is 0. The van der Waals surface area contributed by atoms with Gasteiger partial charge in [-0.05, 0) is 25.4 Å². The third kappa shape index (κ3) is 3.16. The van der Waals surface area contributed by atoms with E-state index in [0.29, 0.717) is 5.96 Å². The second kappa shape index (κ2) is 5.82. The molecule has 5 nitrogen and oxygen atoms in total. The van der Waals surface area contributed by atoms with Crippen molar-refractivity contribution in [3.05, 3.63) is 0 Å². The van der Waals surface area contributed by atoms with Crippen molar-refractivity contribution in [2.75, 3.05) is 33.2 Å². The highest BCUT2D eigenvalue weighted by Crippen LogP contribution is 2.14. The van der Waals surface area contributed by atoms with E-state index in [1.807, 2.05) is 0 Å². The average molecular weight is 199 g/mol. The van der Waals surface area contributed by atoms with Crippen molar-refractivity contribution in [2.24, 2.45) is 16.8 Å². The number of hydrogen-bond donors (Lipinski definition) is 3. The molecule has 0 aromatic carbocycles. The normalized spacial score (nSPS) is 23.9. The lowest BCUT2D eigenvalue weighted by molar-refractivity contribution is 0.342. The minimum absolute atomic E-state index is 0.667. The quantitative estimate of drug-likeness (QED) is 0.245. The van der Waals surface area contributed by atoms with Crippen molar-refractivity contribution in [2.45, 2.75) is 13.3 Å². The first-order chi connectivity index (χ1) is 6.80. The second-order valence-electron chi connectivity index (χ2n) is 3.65. The highest BCUT2D eigenvalue weighted by Gasteiger charge is 2.20. The zero-order valence-electron chi connectivity index (χ0n) is 9.08. The van der Waals surface area contributed by atoms with Crippen molar-refractivity contribution in [1.29, 1.82) is 0 Å². The predicted octanol–water partition coefficient (Wildman–Crippen LogP) is -0.633. The van der Waals surface area contributed by atoms with Crippen LogP contribution in [0, 0.1) is 5.92 Å². The third-order valence-electron chi connectivity index (χ3n) is 2.74. The molecular formula is C9H21N5. The van der Waals surface area contributed by atoms with Gasteiger partial charge in [-0.2, -0.15) is 0 Å². The summed E-state index contributed by atoms with van der Waals surface area (Å²) in [4.78, 5) is 6.43. The Morgan fingerprint density at radius 2 is 2.43 bits per heavy atom. The van der Waals surface area contributed by atoms with Crippen molar-refractivity contribution in [3.8, 4) is 0 Å². The topological polar surface area (TPSA) is 65.7 Å². The summed E-state index contributed by atoms with van der Waals surface area (Å²) < 4.78 is 0. The Morgan fingerprint density at radius 1 is 1.64 bits per heavy atom. The molecule has 0 aromatic rings. The number of likely N-dealkylation sites (tertiary alicyclic amines) is 1. The maximum absolute atomic E-state index is 5.27. The third-order valence-corrected chi connectivity index (χ3v) is 2.74. The van der Waals surface area contributed by atoms with Crippen LogP contribution in [-0.4, -0.2) is 44.1 Å². The van der Waals surface area contributed by atoms with Gasteiger partial charge in [-0.3, -0.25) is 10.4 Å². The first-order valence-electron chi connectivity index (χ1n) is 5.19. The Bertz CT molecular complexity index is 192. The molecule has 1 unspecified atom stereocenters. The first-order valence-corrected chi connectivity index (χ1v) is 5.19. The highest BCUT2D eigenvalue weighted by atomic mass is 15.3. The van der Waals surface area contributed by atoms with E-state index in [-0.39, 0.29) is 0 Å². The van der Waals surface area contributed by atoms with Crippen molar-refractivity contribution in [1.82, 2.24) is 15.6 Å². The Morgan fingerprint density at radius 3 is 2.93 bits per heavy atom. The van der Waals surface area contributed by atoms with E-state index in [9.17, 15) is 0 Å². The molecule has 1 heterocycles. The second-order valence-corrected chi connectivity index (χ2v) is 3.65. The predicted molar refractivity (Wildman–Crippen MR) is 58.9 cm³/mol. The minimum atomic E-state index is 0.667. The minimum Gasteiger partial charge on any atom is -0.355 e. The van der Waals surface area contributed by atoms with Gasteiger partial charge < -0.3 is 10.2 Å². The van der Waals surface area contributed by atoms with Crippen LogP contribution in [-0.2, 0) is 0 Å². The largest absolute Gasteiger partial charge is 0.355 e. The monoisotopic (exact) mass is 199 g/mol. The van der Waals surface area contributed by atoms with Crippen LogP contribution >= 0.6 is 0 Å². The summed E-state index contributed by atoms with van der Waals surface area (Å²) in [5.74, 6) is 6.66. The van der Waals surface area contributed by atoms with Gasteiger partial charge in [0.05, 0.1) is 0 Å². The fourth-order valence-corrected chi connectivity index (χ4v) is 1.80. The molecule has 0 aliphatic carbocycles. The molecule has 0 amide bonds. The summed E-state index contributed by atoms with van der Waals surface area (Å²) in [6.45, 7) is 6.71. The molecule has 1 aliphatic heterocycles. The molecule has 0 saturated carbocycles. The van der Waals surface area contributed by atoms with Crippen LogP contribution in [0.5, 0.6) is 0 Å². The van der Waals surface area contributed by atoms with E-state index in [4.69, 9.17) is 5.84 Å². The molecule has 1 saturated heterocycles. The van der Waals surface area contributed by atoms with Crippen molar-refractivity contribution < 1.29 is 0 Å². The number of guanidine groups is 1. The summed E-state index contributed by atoms with van der Waals surface area (Å²) in [6.07, 6.45) is 1.27. The molecule has 82 valence electrons. The van der Waals surface area contributed by atoms with Crippen LogP contribution < -0.4 is 16.6 Å². The molecule has 4 N–H and O–H groups in total. The van der Waals surface area contributed by atoms with Crippen LogP contribution in [0.3, 0.4) is 0 Å². The molecule has 0 radical (unpaired) electrons. The van der Waals surface area contributed by atoms with Crippen LogP contribution in [0.4, 0.5) is 0 Å². The number of aliphatic imine (C=N–C) groups is 1. The first kappa shape index (κ1) is 11.3. The standard InChI is InChI=1S/C9H21N5/c1-3-14-5-4-8(7-14)6-12-9(11-2)13-10/h8H,3-7,10H2,1-2H3,(H2,11,12,13). The van der Waals surface area contributed by atoms with Gasteiger partial charge in [0.1, 0.15) is 0 Å². The molecule has 0 bridgehead atoms. The molecule has 1 aliphatic rings. The molecule has 1 atom stereocenters. The molecule has 0 spiro atoms. The molecule has 1 fully saturated rings. The Balaban J connectivity index is 2.20. The average Bonchev–Trinajstić information content (AvgIpc) is 2.67. The Kier molecular flexibility index (Phi) is 4.69. The van der Waals surface area contributed by atoms with E-state index in [1.165, 1.54) is 19.5 Å². The lowest BCUT2D eigenvalue weighted by atomic mass is 10.1. The number of hydrogen-bond acceptors (Lipinski definition) is 3. The van der Waals surface area contributed by atoms with Crippen molar-refractivity contribution >= 4 is 5.96 Å². The van der Waals surface area contributed by atoms with E-state index in [1.54, 1.807) is 7.05 Å². The van der Waals surface area contributed by atoms with E-state index in [2.05, 4.69) is 27.6 Å². The van der Waals surface area contributed by atoms with Gasteiger partial charge in [0.25, 0.3) is 0 Å². The van der Waals surface area contributed by atoms with Gasteiger partial charge in [0.2, 0.25) is 5.96 Å². The van der Waals surface area contributed by atoms with Gasteiger partial charge in [0.15, 0.2) is 0 Å². The molecule has 14 heavy (non-hydrogen) atoms.